The first-order valence-electron chi connectivity index (χ1n) is 15.2. The van der Waals surface area contributed by atoms with Gasteiger partial charge < -0.3 is 14.5 Å². The Balaban J connectivity index is 2.21. The Morgan fingerprint density at radius 2 is 1.46 bits per heavy atom. The van der Waals surface area contributed by atoms with Crippen LogP contribution in [0.3, 0.4) is 0 Å². The summed E-state index contributed by atoms with van der Waals surface area (Å²) in [6, 6.07) is 14.4. The average Bonchev–Trinajstić information content (AvgIpc) is 3.00. The van der Waals surface area contributed by atoms with Crippen LogP contribution >= 0.6 is 0 Å². The number of sulfone groups is 1. The van der Waals surface area contributed by atoms with Crippen LogP contribution in [0, 0.1) is 5.41 Å². The summed E-state index contributed by atoms with van der Waals surface area (Å²) in [6.07, 6.45) is 4.42. The van der Waals surface area contributed by atoms with Gasteiger partial charge in [-0.3, -0.25) is 0 Å². The van der Waals surface area contributed by atoms with Crippen molar-refractivity contribution >= 4 is 15.5 Å². The predicted molar refractivity (Wildman–Crippen MR) is 164 cm³/mol. The normalized spacial score (nSPS) is 20.3. The summed E-state index contributed by atoms with van der Waals surface area (Å²) in [6.45, 7) is 15.3. The third-order valence-corrected chi connectivity index (χ3v) is 11.5. The fourth-order valence-corrected chi connectivity index (χ4v) is 8.81. The van der Waals surface area contributed by atoms with Crippen LogP contribution in [0.5, 0.6) is 0 Å². The topological polar surface area (TPSA) is 57.6 Å². The van der Waals surface area contributed by atoms with E-state index in [4.69, 9.17) is 0 Å². The van der Waals surface area contributed by atoms with Crippen LogP contribution < -0.4 is 4.90 Å². The molecule has 0 saturated heterocycles. The van der Waals surface area contributed by atoms with Crippen molar-refractivity contribution in [2.45, 2.75) is 96.6 Å². The molecule has 1 aliphatic heterocycles. The molecule has 0 spiro atoms. The molecule has 2 aromatic carbocycles. The molecule has 2 aromatic rings. The Hall–Kier alpha value is -1.89. The Labute approximate surface area is 238 Å². The van der Waals surface area contributed by atoms with Gasteiger partial charge in [0.25, 0.3) is 0 Å². The largest absolute Gasteiger partial charge is 0.392 e. The quantitative estimate of drug-likeness (QED) is 0.276. The molecule has 218 valence electrons. The predicted octanol–water partition coefficient (Wildman–Crippen LogP) is 6.78. The van der Waals surface area contributed by atoms with E-state index in [2.05, 4.69) is 58.9 Å². The van der Waals surface area contributed by atoms with Crippen molar-refractivity contribution in [3.8, 4) is 0 Å². The van der Waals surface area contributed by atoms with Gasteiger partial charge in [0.05, 0.1) is 36.4 Å². The van der Waals surface area contributed by atoms with E-state index >= 15 is 0 Å². The van der Waals surface area contributed by atoms with Gasteiger partial charge in [-0.05, 0) is 62.9 Å². The zero-order valence-corrected chi connectivity index (χ0v) is 26.4. The standard InChI is InChI=1S/C33H53N2O3S/c1-8-13-21-33(22-14-9-2)25-39(37,38)30-20-19-28(34(6)7)23-29(30)31(32(33)36)27-17-15-26(16-18-27)24-35(10-3,11-4)12-5/h15-20,23,31-32,36H,8-14,21-22,24-25H2,1-7H3/q+1/t31-,32-/m1/s1. The van der Waals surface area contributed by atoms with Crippen molar-refractivity contribution in [1.29, 1.82) is 0 Å². The minimum Gasteiger partial charge on any atom is -0.392 e. The Morgan fingerprint density at radius 1 is 0.897 bits per heavy atom. The van der Waals surface area contributed by atoms with Gasteiger partial charge in [-0.2, -0.15) is 0 Å². The molecule has 0 fully saturated rings. The number of hydrogen-bond acceptors (Lipinski definition) is 4. The van der Waals surface area contributed by atoms with Crippen molar-refractivity contribution in [3.05, 3.63) is 59.2 Å². The number of benzene rings is 2. The second kappa shape index (κ2) is 13.2. The molecule has 2 atom stereocenters. The van der Waals surface area contributed by atoms with Crippen molar-refractivity contribution < 1.29 is 18.0 Å². The maximum Gasteiger partial charge on any atom is 0.179 e. The van der Waals surface area contributed by atoms with Crippen molar-refractivity contribution in [3.63, 3.8) is 0 Å². The summed E-state index contributed by atoms with van der Waals surface area (Å²) < 4.78 is 29.1. The van der Waals surface area contributed by atoms with Gasteiger partial charge in [-0.15, -0.1) is 0 Å². The molecule has 1 heterocycles. The molecule has 0 unspecified atom stereocenters. The summed E-state index contributed by atoms with van der Waals surface area (Å²) in [7, 11) is 0.357. The van der Waals surface area contributed by atoms with Crippen molar-refractivity contribution in [1.82, 2.24) is 0 Å². The molecule has 0 radical (unpaired) electrons. The smallest absolute Gasteiger partial charge is 0.179 e. The number of hydrogen-bond donors (Lipinski definition) is 1. The van der Waals surface area contributed by atoms with Gasteiger partial charge in [0.1, 0.15) is 6.54 Å². The van der Waals surface area contributed by atoms with Gasteiger partial charge in [0.15, 0.2) is 9.84 Å². The first-order valence-corrected chi connectivity index (χ1v) is 16.8. The number of quaternary nitrogens is 1. The van der Waals surface area contributed by atoms with Gasteiger partial charge in [-0.25, -0.2) is 8.42 Å². The lowest BCUT2D eigenvalue weighted by atomic mass is 9.68. The molecule has 0 aromatic heterocycles. The minimum absolute atomic E-state index is 0.00750. The van der Waals surface area contributed by atoms with E-state index in [1.165, 1.54) is 5.56 Å². The van der Waals surface area contributed by atoms with Crippen LogP contribution in [0.15, 0.2) is 47.4 Å². The van der Waals surface area contributed by atoms with Gasteiger partial charge >= 0.3 is 0 Å². The zero-order chi connectivity index (χ0) is 28.8. The van der Waals surface area contributed by atoms with E-state index in [0.29, 0.717) is 4.90 Å². The number of unbranched alkanes of at least 4 members (excludes halogenated alkanes) is 2. The number of aliphatic hydroxyl groups excluding tert-OH is 1. The number of fused-ring (bicyclic) bond motifs is 1. The lowest BCUT2D eigenvalue weighted by Crippen LogP contribution is -2.46. The van der Waals surface area contributed by atoms with E-state index in [-0.39, 0.29) is 5.75 Å². The minimum atomic E-state index is -3.59. The Kier molecular flexibility index (Phi) is 10.7. The summed E-state index contributed by atoms with van der Waals surface area (Å²) in [4.78, 5) is 2.39. The lowest BCUT2D eigenvalue weighted by Gasteiger charge is -2.40. The van der Waals surface area contributed by atoms with E-state index in [1.807, 2.05) is 31.1 Å². The van der Waals surface area contributed by atoms with E-state index in [9.17, 15) is 13.5 Å². The highest BCUT2D eigenvalue weighted by molar-refractivity contribution is 7.91. The summed E-state index contributed by atoms with van der Waals surface area (Å²) in [5, 5.41) is 12.4. The fourth-order valence-electron chi connectivity index (χ4n) is 6.61. The highest BCUT2D eigenvalue weighted by Gasteiger charge is 2.49. The molecule has 6 heteroatoms. The van der Waals surface area contributed by atoms with Crippen molar-refractivity contribution in [2.75, 3.05) is 44.4 Å². The van der Waals surface area contributed by atoms with Crippen LogP contribution in [-0.2, 0) is 16.4 Å². The Morgan fingerprint density at radius 3 is 1.95 bits per heavy atom. The second-order valence-electron chi connectivity index (χ2n) is 12.1. The number of aliphatic hydroxyl groups is 1. The molecule has 3 rings (SSSR count). The van der Waals surface area contributed by atoms with Gasteiger partial charge in [0.2, 0.25) is 0 Å². The molecule has 5 nitrogen and oxygen atoms in total. The van der Waals surface area contributed by atoms with Crippen LogP contribution in [-0.4, -0.2) is 63.6 Å². The summed E-state index contributed by atoms with van der Waals surface area (Å²) in [5.41, 5.74) is 3.29. The SMILES string of the molecule is CCCCC1(CCCC)CS(=O)(=O)c2ccc(N(C)C)cc2[C@@H](c2ccc(C[N+](CC)(CC)CC)cc2)[C@H]1O. The van der Waals surface area contributed by atoms with Crippen LogP contribution in [0.4, 0.5) is 5.69 Å². The van der Waals surface area contributed by atoms with Crippen molar-refractivity contribution in [2.24, 2.45) is 5.41 Å². The summed E-state index contributed by atoms with van der Waals surface area (Å²) in [5.74, 6) is -0.393. The molecular formula is C33H53N2O3S+. The van der Waals surface area contributed by atoms with Gasteiger partial charge in [-0.1, -0.05) is 63.8 Å². The molecule has 0 bridgehead atoms. The highest BCUT2D eigenvalue weighted by Crippen LogP contribution is 2.50. The summed E-state index contributed by atoms with van der Waals surface area (Å²) >= 11 is 0. The molecular weight excluding hydrogens is 504 g/mol. The molecule has 39 heavy (non-hydrogen) atoms. The molecule has 0 aliphatic carbocycles. The third kappa shape index (κ3) is 6.71. The molecule has 1 N–H and O–H groups in total. The second-order valence-corrected chi connectivity index (χ2v) is 14.0. The Bertz CT molecular complexity index is 1150. The first-order chi connectivity index (χ1) is 18.5. The number of rotatable bonds is 13. The maximum atomic E-state index is 14.0. The average molecular weight is 558 g/mol. The molecule has 0 saturated carbocycles. The van der Waals surface area contributed by atoms with E-state index in [1.54, 1.807) is 6.07 Å². The fraction of sp³-hybridized carbons (Fsp3) is 0.636. The number of nitrogens with zero attached hydrogens (tertiary/aromatic N) is 2. The molecule has 0 amide bonds. The van der Waals surface area contributed by atoms with E-state index in [0.717, 1.165) is 86.0 Å². The first kappa shape index (κ1) is 31.6. The third-order valence-electron chi connectivity index (χ3n) is 9.53. The number of anilines is 1. The van der Waals surface area contributed by atoms with Gasteiger partial charge in [0, 0.05) is 36.7 Å². The lowest BCUT2D eigenvalue weighted by molar-refractivity contribution is -0.936. The van der Waals surface area contributed by atoms with Crippen LogP contribution in [0.2, 0.25) is 0 Å². The highest BCUT2D eigenvalue weighted by atomic mass is 32.2. The van der Waals surface area contributed by atoms with Crippen LogP contribution in [0.1, 0.15) is 95.8 Å². The monoisotopic (exact) mass is 557 g/mol. The van der Waals surface area contributed by atoms with Crippen LogP contribution in [0.25, 0.3) is 0 Å². The van der Waals surface area contributed by atoms with E-state index < -0.39 is 27.3 Å². The maximum absolute atomic E-state index is 14.0. The zero-order valence-electron chi connectivity index (χ0n) is 25.5. The molecule has 1 aliphatic rings.